The van der Waals surface area contributed by atoms with Gasteiger partial charge < -0.3 is 9.84 Å². The molecule has 204 valence electrons. The molecule has 0 heterocycles. The van der Waals surface area contributed by atoms with Crippen LogP contribution >= 0.6 is 0 Å². The summed E-state index contributed by atoms with van der Waals surface area (Å²) >= 11 is 0. The second-order valence-electron chi connectivity index (χ2n) is 12.2. The Balaban J connectivity index is 1.54. The quantitative estimate of drug-likeness (QED) is 0.404. The maximum atomic E-state index is 17.7. The number of ether oxygens (including phenoxy) is 1. The Morgan fingerprint density at radius 3 is 2.47 bits per heavy atom. The standard InChI is InChI=1S/C31H36F2O5/c1-5-27(37)38-28-17(2)11-20-21-13-23(32)22-14-25(35)19(12-24(34)18-9-7-6-8-10-18)15-30(22,4)31(21,33)26(36)16-29(20,28)3/h6-10,14-15,17,20-21,23,26,28,36H,5,11-13,16H2,1-4H3/t17-,20+,21+,23+,26+,28+,29+,30+,31+/m1/s1. The van der Waals surface area contributed by atoms with Gasteiger partial charge >= 0.3 is 5.97 Å². The summed E-state index contributed by atoms with van der Waals surface area (Å²) in [5.41, 5.74) is -3.98. The number of esters is 1. The van der Waals surface area contributed by atoms with E-state index in [2.05, 4.69) is 0 Å². The van der Waals surface area contributed by atoms with Crippen molar-refractivity contribution < 1.29 is 33.0 Å². The zero-order valence-electron chi connectivity index (χ0n) is 22.4. The van der Waals surface area contributed by atoms with Crippen molar-refractivity contribution in [1.82, 2.24) is 0 Å². The van der Waals surface area contributed by atoms with E-state index in [1.54, 1.807) is 44.2 Å². The van der Waals surface area contributed by atoms with Gasteiger partial charge in [-0.05, 0) is 49.7 Å². The highest BCUT2D eigenvalue weighted by Crippen LogP contribution is 2.69. The smallest absolute Gasteiger partial charge is 0.305 e. The van der Waals surface area contributed by atoms with Gasteiger partial charge in [0.25, 0.3) is 0 Å². The van der Waals surface area contributed by atoms with Gasteiger partial charge in [-0.3, -0.25) is 14.4 Å². The van der Waals surface area contributed by atoms with Crippen LogP contribution in [-0.2, 0) is 14.3 Å². The molecular weight excluding hydrogens is 490 g/mol. The minimum absolute atomic E-state index is 0.0276. The maximum Gasteiger partial charge on any atom is 0.305 e. The minimum atomic E-state index is -2.25. The Bertz CT molecular complexity index is 1220. The number of Topliss-reactive ketones (excluding diaryl/α,β-unsaturated/α-hetero) is 1. The number of carbonyl (C=O) groups excluding carboxylic acids is 3. The number of allylic oxidation sites excluding steroid dienone is 4. The van der Waals surface area contributed by atoms with Crippen LogP contribution in [0.1, 0.15) is 70.2 Å². The van der Waals surface area contributed by atoms with Crippen molar-refractivity contribution in [3.8, 4) is 0 Å². The fraction of sp³-hybridized carbons (Fsp3) is 0.581. The Morgan fingerprint density at radius 2 is 1.82 bits per heavy atom. The summed E-state index contributed by atoms with van der Waals surface area (Å²) < 4.78 is 39.3. The Morgan fingerprint density at radius 1 is 1.13 bits per heavy atom. The zero-order chi connectivity index (χ0) is 27.6. The first kappa shape index (κ1) is 26.9. The van der Waals surface area contributed by atoms with Crippen molar-refractivity contribution in [2.75, 3.05) is 0 Å². The van der Waals surface area contributed by atoms with Gasteiger partial charge in [0.15, 0.2) is 17.2 Å². The predicted molar refractivity (Wildman–Crippen MR) is 138 cm³/mol. The Labute approximate surface area is 222 Å². The van der Waals surface area contributed by atoms with Gasteiger partial charge in [0.1, 0.15) is 12.3 Å². The minimum Gasteiger partial charge on any atom is -0.461 e. The highest BCUT2D eigenvalue weighted by Gasteiger charge is 2.73. The molecule has 9 atom stereocenters. The van der Waals surface area contributed by atoms with E-state index in [-0.39, 0.29) is 60.4 Å². The van der Waals surface area contributed by atoms with E-state index in [1.165, 1.54) is 6.08 Å². The molecule has 0 spiro atoms. The SMILES string of the molecule is CCC(=O)O[C@H]1[C@H](C)C[C@H]2[C@@H]3C[C@H](F)C4=CC(=O)C(CC(=O)c5ccccc5)=C[C@]4(C)[C@@]3(F)[C@@H](O)C[C@@]21C. The van der Waals surface area contributed by atoms with E-state index in [1.807, 2.05) is 13.8 Å². The van der Waals surface area contributed by atoms with Crippen LogP contribution in [0.3, 0.4) is 0 Å². The number of aliphatic hydroxyl groups excluding tert-OH is 1. The first-order chi connectivity index (χ1) is 17.9. The molecule has 38 heavy (non-hydrogen) atoms. The molecule has 4 aliphatic carbocycles. The third-order valence-electron chi connectivity index (χ3n) is 10.0. The largest absolute Gasteiger partial charge is 0.461 e. The number of halogens is 2. The highest BCUT2D eigenvalue weighted by atomic mass is 19.1. The first-order valence-corrected chi connectivity index (χ1v) is 13.6. The summed E-state index contributed by atoms with van der Waals surface area (Å²) in [7, 11) is 0. The number of rotatable bonds is 5. The molecule has 0 bridgehead atoms. The number of carbonyl (C=O) groups is 3. The van der Waals surface area contributed by atoms with E-state index in [0.29, 0.717) is 12.0 Å². The number of aliphatic hydroxyl groups is 1. The van der Waals surface area contributed by atoms with Crippen molar-refractivity contribution >= 4 is 17.5 Å². The van der Waals surface area contributed by atoms with Gasteiger partial charge in [-0.25, -0.2) is 8.78 Å². The van der Waals surface area contributed by atoms with Crippen LogP contribution in [0.2, 0.25) is 0 Å². The van der Waals surface area contributed by atoms with Crippen LogP contribution in [0.4, 0.5) is 8.78 Å². The number of benzene rings is 1. The topological polar surface area (TPSA) is 80.7 Å². The molecule has 3 fully saturated rings. The maximum absolute atomic E-state index is 17.7. The Hall–Kier alpha value is -2.67. The average Bonchev–Trinajstić information content (AvgIpc) is 3.12. The van der Waals surface area contributed by atoms with E-state index < -0.39 is 46.6 Å². The number of hydrogen-bond acceptors (Lipinski definition) is 5. The lowest BCUT2D eigenvalue weighted by molar-refractivity contribution is -0.212. The normalized spacial score (nSPS) is 41.8. The van der Waals surface area contributed by atoms with Crippen molar-refractivity contribution in [2.24, 2.45) is 28.6 Å². The molecule has 0 amide bonds. The van der Waals surface area contributed by atoms with Crippen molar-refractivity contribution in [3.63, 3.8) is 0 Å². The molecule has 5 nitrogen and oxygen atoms in total. The summed E-state index contributed by atoms with van der Waals surface area (Å²) in [5, 5.41) is 11.5. The zero-order valence-corrected chi connectivity index (χ0v) is 22.4. The van der Waals surface area contributed by atoms with Gasteiger partial charge in [-0.1, -0.05) is 57.2 Å². The summed E-state index contributed by atoms with van der Waals surface area (Å²) in [4.78, 5) is 38.1. The van der Waals surface area contributed by atoms with Crippen LogP contribution in [0.15, 0.2) is 53.6 Å². The molecule has 0 aromatic heterocycles. The molecular formula is C31H36F2O5. The van der Waals surface area contributed by atoms with E-state index >= 15 is 8.78 Å². The van der Waals surface area contributed by atoms with Crippen molar-refractivity contribution in [2.45, 2.75) is 83.8 Å². The Kier molecular flexibility index (Phi) is 6.53. The lowest BCUT2D eigenvalue weighted by atomic mass is 9.45. The highest BCUT2D eigenvalue weighted by molar-refractivity contribution is 6.11. The number of alkyl halides is 2. The molecule has 0 aliphatic heterocycles. The molecule has 0 saturated heterocycles. The molecule has 7 heteroatoms. The number of fused-ring (bicyclic) bond motifs is 5. The lowest BCUT2D eigenvalue weighted by Gasteiger charge is -2.62. The van der Waals surface area contributed by atoms with Crippen LogP contribution in [0.5, 0.6) is 0 Å². The van der Waals surface area contributed by atoms with Gasteiger partial charge in [0.2, 0.25) is 0 Å². The monoisotopic (exact) mass is 526 g/mol. The van der Waals surface area contributed by atoms with Gasteiger partial charge in [-0.15, -0.1) is 0 Å². The molecule has 4 aliphatic rings. The third-order valence-corrected chi connectivity index (χ3v) is 10.0. The summed E-state index contributed by atoms with van der Waals surface area (Å²) in [6.45, 7) is 7.14. The van der Waals surface area contributed by atoms with E-state index in [0.717, 1.165) is 6.08 Å². The van der Waals surface area contributed by atoms with Crippen LogP contribution < -0.4 is 0 Å². The third kappa shape index (κ3) is 3.75. The molecule has 0 unspecified atom stereocenters. The van der Waals surface area contributed by atoms with Gasteiger partial charge in [0, 0.05) is 40.7 Å². The summed E-state index contributed by atoms with van der Waals surface area (Å²) in [6.07, 6.45) is -0.542. The first-order valence-electron chi connectivity index (χ1n) is 13.6. The molecule has 5 rings (SSSR count). The van der Waals surface area contributed by atoms with Crippen molar-refractivity contribution in [1.29, 1.82) is 0 Å². The molecule has 1 N–H and O–H groups in total. The van der Waals surface area contributed by atoms with Crippen LogP contribution in [0.25, 0.3) is 0 Å². The second kappa shape index (κ2) is 9.22. The van der Waals surface area contributed by atoms with E-state index in [9.17, 15) is 19.5 Å². The number of ketones is 2. The predicted octanol–water partition coefficient (Wildman–Crippen LogP) is 5.52. The molecule has 3 saturated carbocycles. The van der Waals surface area contributed by atoms with Gasteiger partial charge in [-0.2, -0.15) is 0 Å². The lowest BCUT2D eigenvalue weighted by Crippen LogP contribution is -2.68. The fourth-order valence-electron chi connectivity index (χ4n) is 8.22. The van der Waals surface area contributed by atoms with Crippen LogP contribution in [-0.4, -0.2) is 46.7 Å². The fourth-order valence-corrected chi connectivity index (χ4v) is 8.22. The van der Waals surface area contributed by atoms with Gasteiger partial charge in [0.05, 0.1) is 6.10 Å². The molecule has 1 aromatic carbocycles. The second-order valence-corrected chi connectivity index (χ2v) is 12.2. The van der Waals surface area contributed by atoms with E-state index in [4.69, 9.17) is 4.74 Å². The number of hydrogen-bond donors (Lipinski definition) is 1. The van der Waals surface area contributed by atoms with Crippen LogP contribution in [0, 0.1) is 28.6 Å². The molecule has 1 aromatic rings. The molecule has 0 radical (unpaired) electrons. The van der Waals surface area contributed by atoms with Crippen molar-refractivity contribution in [3.05, 3.63) is 59.2 Å². The summed E-state index contributed by atoms with van der Waals surface area (Å²) in [5.74, 6) is -2.37. The average molecular weight is 527 g/mol. The summed E-state index contributed by atoms with van der Waals surface area (Å²) in [6, 6.07) is 8.53.